The molecular formula is C19H29F2N5O. The molecule has 4 rings (SSSR count). The Kier molecular flexibility index (Phi) is 5.45. The number of carbonyl (C=O) groups is 1. The third-order valence-corrected chi connectivity index (χ3v) is 6.77. The molecule has 2 heterocycles. The molecule has 27 heavy (non-hydrogen) atoms. The van der Waals surface area contributed by atoms with Gasteiger partial charge in [-0.2, -0.15) is 8.78 Å². The normalized spacial score (nSPS) is 32.1. The summed E-state index contributed by atoms with van der Waals surface area (Å²) in [6.07, 6.45) is 8.15. The number of carbonyl (C=O) groups excluding carboxylic acids is 1. The van der Waals surface area contributed by atoms with Gasteiger partial charge in [-0.1, -0.05) is 6.42 Å². The van der Waals surface area contributed by atoms with Crippen molar-refractivity contribution in [2.75, 3.05) is 26.2 Å². The lowest BCUT2D eigenvalue weighted by Crippen LogP contribution is -2.53. The number of aromatic nitrogens is 2. The van der Waals surface area contributed by atoms with Crippen LogP contribution in [0, 0.1) is 17.8 Å². The van der Waals surface area contributed by atoms with E-state index < -0.39 is 6.55 Å². The first-order valence-corrected chi connectivity index (χ1v) is 10.1. The maximum absolute atomic E-state index is 13.0. The number of amides is 1. The molecule has 1 aromatic heterocycles. The minimum Gasteiger partial charge on any atom is -0.340 e. The van der Waals surface area contributed by atoms with Crippen LogP contribution in [0.2, 0.25) is 0 Å². The molecule has 2 saturated carbocycles. The van der Waals surface area contributed by atoms with Gasteiger partial charge in [-0.3, -0.25) is 14.3 Å². The van der Waals surface area contributed by atoms with Crippen LogP contribution in [0.25, 0.3) is 0 Å². The van der Waals surface area contributed by atoms with Crippen LogP contribution in [-0.4, -0.2) is 57.5 Å². The van der Waals surface area contributed by atoms with Gasteiger partial charge >= 0.3 is 6.55 Å². The molecule has 2 aliphatic carbocycles. The van der Waals surface area contributed by atoms with Crippen LogP contribution in [0.15, 0.2) is 12.4 Å². The summed E-state index contributed by atoms with van der Waals surface area (Å²) in [5, 5.41) is 0. The van der Waals surface area contributed by atoms with Gasteiger partial charge in [0.25, 0.3) is 0 Å². The number of hydrogen-bond donors (Lipinski definition) is 1. The van der Waals surface area contributed by atoms with E-state index in [0.29, 0.717) is 50.4 Å². The van der Waals surface area contributed by atoms with Crippen molar-refractivity contribution in [2.24, 2.45) is 23.5 Å². The van der Waals surface area contributed by atoms with Gasteiger partial charge in [0.2, 0.25) is 5.91 Å². The van der Waals surface area contributed by atoms with E-state index in [-0.39, 0.29) is 17.9 Å². The highest BCUT2D eigenvalue weighted by molar-refractivity contribution is 5.79. The van der Waals surface area contributed by atoms with E-state index in [1.807, 2.05) is 4.90 Å². The van der Waals surface area contributed by atoms with Crippen molar-refractivity contribution in [1.82, 2.24) is 19.4 Å². The van der Waals surface area contributed by atoms with Gasteiger partial charge in [-0.25, -0.2) is 4.98 Å². The van der Waals surface area contributed by atoms with Crippen molar-refractivity contribution >= 4 is 5.91 Å². The van der Waals surface area contributed by atoms with Crippen molar-refractivity contribution in [2.45, 2.75) is 51.2 Å². The molecule has 0 aromatic carbocycles. The molecule has 1 aliphatic heterocycles. The summed E-state index contributed by atoms with van der Waals surface area (Å²) >= 11 is 0. The van der Waals surface area contributed by atoms with E-state index in [4.69, 9.17) is 5.73 Å². The van der Waals surface area contributed by atoms with Crippen molar-refractivity contribution in [3.63, 3.8) is 0 Å². The zero-order valence-electron chi connectivity index (χ0n) is 15.6. The summed E-state index contributed by atoms with van der Waals surface area (Å²) < 4.78 is 26.8. The summed E-state index contributed by atoms with van der Waals surface area (Å²) in [7, 11) is 0. The highest BCUT2D eigenvalue weighted by atomic mass is 19.3. The van der Waals surface area contributed by atoms with Crippen molar-refractivity contribution in [3.05, 3.63) is 18.2 Å². The summed E-state index contributed by atoms with van der Waals surface area (Å²) in [6, 6.07) is 0.276. The van der Waals surface area contributed by atoms with Gasteiger partial charge in [-0.05, 0) is 37.5 Å². The van der Waals surface area contributed by atoms with E-state index in [9.17, 15) is 13.6 Å². The Hall–Kier alpha value is -1.54. The number of nitrogens with two attached hydrogens (primary N) is 1. The molecule has 0 spiro atoms. The molecule has 2 unspecified atom stereocenters. The predicted molar refractivity (Wildman–Crippen MR) is 96.9 cm³/mol. The second kappa shape index (κ2) is 7.83. The zero-order valence-corrected chi connectivity index (χ0v) is 15.6. The van der Waals surface area contributed by atoms with Crippen LogP contribution in [-0.2, 0) is 11.3 Å². The predicted octanol–water partition coefficient (Wildman–Crippen LogP) is 2.08. The maximum Gasteiger partial charge on any atom is 0.319 e. The average Bonchev–Trinajstić information content (AvgIpc) is 3.10. The van der Waals surface area contributed by atoms with Gasteiger partial charge in [0.05, 0.1) is 6.54 Å². The van der Waals surface area contributed by atoms with Crippen molar-refractivity contribution in [1.29, 1.82) is 0 Å². The van der Waals surface area contributed by atoms with Gasteiger partial charge in [0.1, 0.15) is 5.82 Å². The topological polar surface area (TPSA) is 67.4 Å². The molecule has 3 fully saturated rings. The molecule has 6 nitrogen and oxygen atoms in total. The molecule has 2 atom stereocenters. The highest BCUT2D eigenvalue weighted by Crippen LogP contribution is 2.42. The molecule has 1 saturated heterocycles. The standard InChI is InChI=1S/C19H29F2N5O/c20-19(21)26-5-4-23-16(26)12-24-6-8-25(9-7-24)18(27)15-10-13-2-1-3-14(11-15)17(13)22/h4-5,13-15,17,19H,1-3,6-12,22H2. The Balaban J connectivity index is 1.30. The Labute approximate surface area is 158 Å². The van der Waals surface area contributed by atoms with Crippen LogP contribution in [0.4, 0.5) is 8.78 Å². The van der Waals surface area contributed by atoms with Gasteiger partial charge in [0.15, 0.2) is 0 Å². The number of fused-ring (bicyclic) bond motifs is 2. The quantitative estimate of drug-likeness (QED) is 0.867. The van der Waals surface area contributed by atoms with Crippen LogP contribution in [0.3, 0.4) is 0 Å². The molecule has 8 heteroatoms. The van der Waals surface area contributed by atoms with E-state index in [1.165, 1.54) is 18.8 Å². The number of halogens is 2. The van der Waals surface area contributed by atoms with Crippen molar-refractivity contribution < 1.29 is 13.6 Å². The third-order valence-electron chi connectivity index (χ3n) is 6.77. The van der Waals surface area contributed by atoms with Gasteiger partial charge in [-0.15, -0.1) is 0 Å². The van der Waals surface area contributed by atoms with Crippen LogP contribution >= 0.6 is 0 Å². The summed E-state index contributed by atoms with van der Waals surface area (Å²) in [6.45, 7) is 0.532. The number of nitrogens with zero attached hydrogens (tertiary/aromatic N) is 4. The number of rotatable bonds is 4. The monoisotopic (exact) mass is 381 g/mol. The summed E-state index contributed by atoms with van der Waals surface area (Å²) in [5.41, 5.74) is 6.35. The van der Waals surface area contributed by atoms with Crippen LogP contribution < -0.4 is 5.73 Å². The number of hydrogen-bond acceptors (Lipinski definition) is 4. The third kappa shape index (κ3) is 3.87. The van der Waals surface area contributed by atoms with Gasteiger partial charge < -0.3 is 10.6 Å². The lowest BCUT2D eigenvalue weighted by Gasteiger charge is -2.45. The molecule has 3 aliphatic rings. The SMILES string of the molecule is NC1C2CCCC1CC(C(=O)N1CCN(Cc3nccn3C(F)F)CC1)C2. The smallest absolute Gasteiger partial charge is 0.319 e. The van der Waals surface area contributed by atoms with Crippen LogP contribution in [0.1, 0.15) is 44.5 Å². The minimum absolute atomic E-state index is 0.115. The van der Waals surface area contributed by atoms with Gasteiger partial charge in [0, 0.05) is 50.5 Å². The van der Waals surface area contributed by atoms with Crippen molar-refractivity contribution in [3.8, 4) is 0 Å². The number of imidazole rings is 1. The maximum atomic E-state index is 13.0. The molecule has 2 N–H and O–H groups in total. The molecule has 150 valence electrons. The zero-order chi connectivity index (χ0) is 19.0. The Bertz CT molecular complexity index is 644. The fourth-order valence-corrected chi connectivity index (χ4v) is 5.22. The summed E-state index contributed by atoms with van der Waals surface area (Å²) in [5.74, 6) is 1.76. The first kappa shape index (κ1) is 18.8. The molecule has 1 amide bonds. The molecule has 0 radical (unpaired) electrons. The molecule has 1 aromatic rings. The first-order valence-electron chi connectivity index (χ1n) is 10.1. The lowest BCUT2D eigenvalue weighted by molar-refractivity contribution is -0.140. The number of piperazine rings is 1. The lowest BCUT2D eigenvalue weighted by atomic mass is 9.65. The second-order valence-electron chi connectivity index (χ2n) is 8.33. The Morgan fingerprint density at radius 1 is 1.19 bits per heavy atom. The van der Waals surface area contributed by atoms with E-state index >= 15 is 0 Å². The molecule has 2 bridgehead atoms. The number of alkyl halides is 2. The van der Waals surface area contributed by atoms with Crippen LogP contribution in [0.5, 0.6) is 0 Å². The van der Waals surface area contributed by atoms with E-state index in [0.717, 1.165) is 30.3 Å². The Morgan fingerprint density at radius 2 is 1.85 bits per heavy atom. The fraction of sp³-hybridized carbons (Fsp3) is 0.789. The Morgan fingerprint density at radius 3 is 2.48 bits per heavy atom. The first-order chi connectivity index (χ1) is 13.0. The average molecular weight is 381 g/mol. The summed E-state index contributed by atoms with van der Waals surface area (Å²) in [4.78, 5) is 21.1. The van der Waals surface area contributed by atoms with E-state index in [2.05, 4.69) is 9.88 Å². The highest BCUT2D eigenvalue weighted by Gasteiger charge is 2.41. The largest absolute Gasteiger partial charge is 0.340 e. The molecular weight excluding hydrogens is 352 g/mol. The van der Waals surface area contributed by atoms with E-state index in [1.54, 1.807) is 0 Å². The fourth-order valence-electron chi connectivity index (χ4n) is 5.22. The minimum atomic E-state index is -2.57. The second-order valence-corrected chi connectivity index (χ2v) is 8.33.